The molecule has 1 atom stereocenters. The summed E-state index contributed by atoms with van der Waals surface area (Å²) in [6.45, 7) is 0. The molecule has 0 bridgehead atoms. The number of hydrogen-bond acceptors (Lipinski definition) is 2. The molecule has 0 saturated heterocycles. The first kappa shape index (κ1) is 29.0. The lowest BCUT2D eigenvalue weighted by Crippen LogP contribution is -2.20. The molecule has 1 unspecified atom stereocenters. The summed E-state index contributed by atoms with van der Waals surface area (Å²) in [7, 11) is 0. The molecule has 1 aromatic heterocycles. The van der Waals surface area contributed by atoms with E-state index < -0.39 is 52.3 Å². The molecule has 3 aromatic rings. The van der Waals surface area contributed by atoms with Gasteiger partial charge in [0, 0.05) is 5.56 Å². The van der Waals surface area contributed by atoms with Crippen molar-refractivity contribution in [3.63, 3.8) is 0 Å². The fourth-order valence-corrected chi connectivity index (χ4v) is 3.88. The summed E-state index contributed by atoms with van der Waals surface area (Å²) in [5.74, 6) is -5.48. The van der Waals surface area contributed by atoms with Crippen molar-refractivity contribution >= 4 is 63.8 Å². The normalized spacial score (nSPS) is 13.4. The highest BCUT2D eigenvalue weighted by atomic mass is 35.5. The number of halogens is 11. The fourth-order valence-electron chi connectivity index (χ4n) is 3.15. The highest BCUT2D eigenvalue weighted by Gasteiger charge is 2.41. The third-order valence-corrected chi connectivity index (χ3v) is 6.28. The Kier molecular flexibility index (Phi) is 8.68. The number of rotatable bonds is 5. The van der Waals surface area contributed by atoms with Crippen molar-refractivity contribution in [2.75, 3.05) is 5.32 Å². The zero-order valence-electron chi connectivity index (χ0n) is 17.8. The minimum Gasteiger partial charge on any atom is -0.321 e. The highest BCUT2D eigenvalue weighted by Crippen LogP contribution is 2.43. The van der Waals surface area contributed by atoms with Crippen LogP contribution in [0.1, 0.15) is 33.0 Å². The molecule has 0 radical (unpaired) electrons. The first-order valence-electron chi connectivity index (χ1n) is 9.81. The van der Waals surface area contributed by atoms with Crippen LogP contribution in [0.5, 0.6) is 0 Å². The molecule has 0 spiro atoms. The minimum atomic E-state index is -5.15. The third kappa shape index (κ3) is 7.07. The first-order valence-corrected chi connectivity index (χ1v) is 11.3. The van der Waals surface area contributed by atoms with Crippen LogP contribution in [0.25, 0.3) is 5.83 Å². The fraction of sp³-hybridized carbons (Fsp3) is 0.130. The Morgan fingerprint density at radius 3 is 2.05 bits per heavy atom. The van der Waals surface area contributed by atoms with Gasteiger partial charge in [-0.15, -0.1) is 0 Å². The SMILES string of the molecule is O=C(Nc1ccc(Cl)nc1)c1ccc(C(F)=CC(c2cc(Cl)c(Cl)c(Cl)c2)C(F)(F)F)cc1C(F)(F)F. The van der Waals surface area contributed by atoms with Gasteiger partial charge in [0.25, 0.3) is 5.91 Å². The van der Waals surface area contributed by atoms with Crippen molar-refractivity contribution < 1.29 is 35.5 Å². The van der Waals surface area contributed by atoms with E-state index in [2.05, 4.69) is 10.3 Å². The number of allylic oxidation sites excluding steroid dienone is 1. The van der Waals surface area contributed by atoms with Crippen molar-refractivity contribution in [3.05, 3.63) is 97.2 Å². The van der Waals surface area contributed by atoms with Gasteiger partial charge in [0.2, 0.25) is 0 Å². The third-order valence-electron chi connectivity index (χ3n) is 4.86. The zero-order valence-corrected chi connectivity index (χ0v) is 20.8. The molecule has 3 rings (SSSR count). The van der Waals surface area contributed by atoms with Crippen LogP contribution in [0, 0.1) is 0 Å². The Morgan fingerprint density at radius 2 is 1.54 bits per heavy atom. The standard InChI is InChI=1S/C23H11Cl4F7N2O/c24-16-6-11(7-17(25)20(16)27)14(22(29,30)31)8-18(28)10-1-3-13(15(5-10)23(32,33)34)21(37)36-12-2-4-19(26)35-9-12/h1-9,14H,(H,36,37). The lowest BCUT2D eigenvalue weighted by Gasteiger charge is -2.19. The molecule has 14 heteroatoms. The van der Waals surface area contributed by atoms with E-state index in [1.54, 1.807) is 0 Å². The summed E-state index contributed by atoms with van der Waals surface area (Å²) < 4.78 is 97.3. The Hall–Kier alpha value is -2.53. The Balaban J connectivity index is 2.04. The van der Waals surface area contributed by atoms with Crippen LogP contribution in [0.4, 0.5) is 36.4 Å². The van der Waals surface area contributed by atoms with Crippen molar-refractivity contribution in [2.24, 2.45) is 0 Å². The van der Waals surface area contributed by atoms with E-state index in [0.717, 1.165) is 24.4 Å². The predicted molar refractivity (Wildman–Crippen MR) is 128 cm³/mol. The van der Waals surface area contributed by atoms with Gasteiger partial charge in [-0.05, 0) is 48.0 Å². The molecule has 1 N–H and O–H groups in total. The van der Waals surface area contributed by atoms with Gasteiger partial charge < -0.3 is 5.32 Å². The number of carbonyl (C=O) groups excluding carboxylic acids is 1. The summed E-state index contributed by atoms with van der Waals surface area (Å²) in [4.78, 5) is 16.1. The number of nitrogens with zero attached hydrogens (tertiary/aromatic N) is 1. The van der Waals surface area contributed by atoms with Gasteiger partial charge in [0.15, 0.2) is 0 Å². The van der Waals surface area contributed by atoms with Crippen LogP contribution in [0.3, 0.4) is 0 Å². The second-order valence-corrected chi connectivity index (χ2v) is 8.99. The van der Waals surface area contributed by atoms with Crippen molar-refractivity contribution in [1.29, 1.82) is 0 Å². The molecule has 3 nitrogen and oxygen atoms in total. The number of alkyl halides is 6. The van der Waals surface area contributed by atoms with E-state index in [9.17, 15) is 35.5 Å². The van der Waals surface area contributed by atoms with Crippen LogP contribution in [-0.4, -0.2) is 17.1 Å². The zero-order chi connectivity index (χ0) is 27.7. The van der Waals surface area contributed by atoms with Crippen molar-refractivity contribution in [1.82, 2.24) is 4.98 Å². The van der Waals surface area contributed by atoms with E-state index in [4.69, 9.17) is 46.4 Å². The van der Waals surface area contributed by atoms with Gasteiger partial charge in [0.1, 0.15) is 16.9 Å². The average molecular weight is 606 g/mol. The second kappa shape index (κ2) is 11.1. The molecule has 37 heavy (non-hydrogen) atoms. The van der Waals surface area contributed by atoms with E-state index in [1.165, 1.54) is 12.1 Å². The smallest absolute Gasteiger partial charge is 0.321 e. The second-order valence-electron chi connectivity index (χ2n) is 7.41. The molecular formula is C23H11Cl4F7N2O. The number of benzene rings is 2. The number of nitrogens with one attached hydrogen (secondary N) is 1. The molecule has 0 aliphatic rings. The minimum absolute atomic E-state index is 0.0194. The largest absolute Gasteiger partial charge is 0.417 e. The topological polar surface area (TPSA) is 42.0 Å². The maximum Gasteiger partial charge on any atom is 0.417 e. The number of aromatic nitrogens is 1. The summed E-state index contributed by atoms with van der Waals surface area (Å²) in [6, 6.07) is 5.81. The van der Waals surface area contributed by atoms with E-state index in [1.807, 2.05) is 0 Å². The molecule has 2 aromatic carbocycles. The van der Waals surface area contributed by atoms with Crippen LogP contribution in [0.15, 0.2) is 54.7 Å². The van der Waals surface area contributed by atoms with Crippen molar-refractivity contribution in [2.45, 2.75) is 18.3 Å². The molecule has 1 amide bonds. The molecule has 0 aliphatic heterocycles. The van der Waals surface area contributed by atoms with Gasteiger partial charge in [-0.2, -0.15) is 26.3 Å². The summed E-state index contributed by atoms with van der Waals surface area (Å²) >= 11 is 22.9. The number of amides is 1. The number of pyridine rings is 1. The maximum atomic E-state index is 14.9. The summed E-state index contributed by atoms with van der Waals surface area (Å²) in [5, 5.41) is 1.36. The monoisotopic (exact) mass is 604 g/mol. The van der Waals surface area contributed by atoms with Crippen LogP contribution in [0.2, 0.25) is 20.2 Å². The number of hydrogen-bond donors (Lipinski definition) is 1. The summed E-state index contributed by atoms with van der Waals surface area (Å²) in [5.41, 5.74) is -3.90. The van der Waals surface area contributed by atoms with Crippen molar-refractivity contribution in [3.8, 4) is 0 Å². The molecule has 0 aliphatic carbocycles. The van der Waals surface area contributed by atoms with Gasteiger partial charge in [0.05, 0.1) is 38.1 Å². The quantitative estimate of drug-likeness (QED) is 0.179. The van der Waals surface area contributed by atoms with E-state index in [-0.39, 0.29) is 38.1 Å². The molecule has 0 saturated carbocycles. The van der Waals surface area contributed by atoms with E-state index in [0.29, 0.717) is 6.07 Å². The van der Waals surface area contributed by atoms with Gasteiger partial charge >= 0.3 is 12.4 Å². The van der Waals surface area contributed by atoms with Crippen LogP contribution < -0.4 is 5.32 Å². The Morgan fingerprint density at radius 1 is 0.919 bits per heavy atom. The first-order chi connectivity index (χ1) is 17.1. The van der Waals surface area contributed by atoms with Gasteiger partial charge in [-0.1, -0.05) is 52.5 Å². The van der Waals surface area contributed by atoms with Gasteiger partial charge in [-0.3, -0.25) is 4.79 Å². The average Bonchev–Trinajstić information content (AvgIpc) is 2.80. The lowest BCUT2D eigenvalue weighted by molar-refractivity contribution is -0.140. The van der Waals surface area contributed by atoms with Crippen LogP contribution >= 0.6 is 46.4 Å². The number of carbonyl (C=O) groups is 1. The highest BCUT2D eigenvalue weighted by molar-refractivity contribution is 6.48. The Labute approximate surface area is 224 Å². The maximum absolute atomic E-state index is 14.9. The molecule has 196 valence electrons. The van der Waals surface area contributed by atoms with E-state index >= 15 is 0 Å². The van der Waals surface area contributed by atoms with Crippen LogP contribution in [-0.2, 0) is 6.18 Å². The molecular weight excluding hydrogens is 595 g/mol. The Bertz CT molecular complexity index is 1330. The molecule has 1 heterocycles. The molecule has 0 fully saturated rings. The number of anilines is 1. The van der Waals surface area contributed by atoms with Gasteiger partial charge in [-0.25, -0.2) is 9.37 Å². The predicted octanol–water partition coefficient (Wildman–Crippen LogP) is 9.62. The lowest BCUT2D eigenvalue weighted by atomic mass is 9.95. The summed E-state index contributed by atoms with van der Waals surface area (Å²) in [6.07, 6.45) is -9.06.